The number of hydrogen-bond acceptors (Lipinski definition) is 6. The summed E-state index contributed by atoms with van der Waals surface area (Å²) in [7, 11) is 3.80. The van der Waals surface area contributed by atoms with E-state index in [1.165, 1.54) is 0 Å². The Hall–Kier alpha value is -1.51. The lowest BCUT2D eigenvalue weighted by atomic mass is 10.3. The highest BCUT2D eigenvalue weighted by Gasteiger charge is 2.15. The van der Waals surface area contributed by atoms with Crippen molar-refractivity contribution in [3.05, 3.63) is 12.2 Å². The number of methoxy groups -OCH3 is 1. The Labute approximate surface area is 137 Å². The number of amides is 1. The van der Waals surface area contributed by atoms with Crippen LogP contribution < -0.4 is 5.32 Å². The quantitative estimate of drug-likeness (QED) is 0.676. The highest BCUT2D eigenvalue weighted by Crippen LogP contribution is 2.00. The van der Waals surface area contributed by atoms with Crippen LogP contribution in [-0.2, 0) is 22.5 Å². The number of aromatic nitrogens is 3. The van der Waals surface area contributed by atoms with Gasteiger partial charge in [-0.25, -0.2) is 0 Å². The SMILES string of the molecule is COCCn1cnnc1CCNC(=O)CN1CCCN(C)CC1. The molecule has 0 bridgehead atoms. The summed E-state index contributed by atoms with van der Waals surface area (Å²) in [5.41, 5.74) is 0. The van der Waals surface area contributed by atoms with Crippen LogP contribution in [0.2, 0.25) is 0 Å². The summed E-state index contributed by atoms with van der Waals surface area (Å²) >= 11 is 0. The average Bonchev–Trinajstić information content (AvgIpc) is 2.87. The molecular formula is C15H28N6O2. The van der Waals surface area contributed by atoms with Gasteiger partial charge in [0.05, 0.1) is 13.2 Å². The molecular weight excluding hydrogens is 296 g/mol. The smallest absolute Gasteiger partial charge is 0.234 e. The average molecular weight is 324 g/mol. The molecule has 0 spiro atoms. The minimum atomic E-state index is 0.0810. The van der Waals surface area contributed by atoms with E-state index in [0.29, 0.717) is 26.1 Å². The zero-order valence-corrected chi connectivity index (χ0v) is 14.2. The van der Waals surface area contributed by atoms with Gasteiger partial charge in [-0.3, -0.25) is 9.69 Å². The normalized spacial score (nSPS) is 17.1. The molecule has 8 nitrogen and oxygen atoms in total. The molecule has 0 aliphatic carbocycles. The molecule has 2 heterocycles. The van der Waals surface area contributed by atoms with Crippen molar-refractivity contribution >= 4 is 5.91 Å². The number of hydrogen-bond donors (Lipinski definition) is 1. The standard InChI is InChI=1S/C15H28N6O2/c1-19-6-3-7-20(9-8-19)12-15(22)16-5-4-14-18-17-13-21(14)10-11-23-2/h13H,3-12H2,1-2H3,(H,16,22). The molecule has 2 rings (SSSR count). The fraction of sp³-hybridized carbons (Fsp3) is 0.800. The van der Waals surface area contributed by atoms with Gasteiger partial charge in [0, 0.05) is 39.7 Å². The van der Waals surface area contributed by atoms with Crippen molar-refractivity contribution in [1.82, 2.24) is 29.9 Å². The Morgan fingerprint density at radius 3 is 3.04 bits per heavy atom. The number of ether oxygens (including phenoxy) is 1. The van der Waals surface area contributed by atoms with Gasteiger partial charge in [0.2, 0.25) is 5.91 Å². The lowest BCUT2D eigenvalue weighted by molar-refractivity contribution is -0.122. The van der Waals surface area contributed by atoms with Gasteiger partial charge in [0.1, 0.15) is 12.2 Å². The fourth-order valence-electron chi connectivity index (χ4n) is 2.68. The van der Waals surface area contributed by atoms with Gasteiger partial charge in [0.15, 0.2) is 0 Å². The summed E-state index contributed by atoms with van der Waals surface area (Å²) in [6, 6.07) is 0. The molecule has 1 fully saturated rings. The van der Waals surface area contributed by atoms with Crippen LogP contribution in [0.4, 0.5) is 0 Å². The minimum Gasteiger partial charge on any atom is -0.383 e. The van der Waals surface area contributed by atoms with Gasteiger partial charge in [-0.1, -0.05) is 0 Å². The van der Waals surface area contributed by atoms with Crippen LogP contribution in [0.1, 0.15) is 12.2 Å². The first kappa shape index (κ1) is 17.8. The monoisotopic (exact) mass is 324 g/mol. The van der Waals surface area contributed by atoms with Crippen molar-refractivity contribution in [2.75, 3.05) is 60.0 Å². The van der Waals surface area contributed by atoms with Gasteiger partial charge in [-0.05, 0) is 26.6 Å². The Bertz CT molecular complexity index is 478. The van der Waals surface area contributed by atoms with Crippen LogP contribution >= 0.6 is 0 Å². The molecule has 1 amide bonds. The maximum atomic E-state index is 12.1. The van der Waals surface area contributed by atoms with Gasteiger partial charge in [-0.15, -0.1) is 10.2 Å². The number of rotatable bonds is 8. The Morgan fingerprint density at radius 1 is 1.35 bits per heavy atom. The summed E-state index contributed by atoms with van der Waals surface area (Å²) in [6.45, 7) is 6.49. The third-order valence-corrected chi connectivity index (χ3v) is 4.08. The van der Waals surface area contributed by atoms with Gasteiger partial charge >= 0.3 is 0 Å². The second kappa shape index (κ2) is 9.59. The number of likely N-dealkylation sites (N-methyl/N-ethyl adjacent to an activating group) is 1. The predicted molar refractivity (Wildman–Crippen MR) is 87.2 cm³/mol. The van der Waals surface area contributed by atoms with Gasteiger partial charge < -0.3 is 19.5 Å². The van der Waals surface area contributed by atoms with E-state index >= 15 is 0 Å². The van der Waals surface area contributed by atoms with E-state index in [4.69, 9.17) is 4.74 Å². The van der Waals surface area contributed by atoms with Crippen molar-refractivity contribution < 1.29 is 9.53 Å². The molecule has 1 N–H and O–H groups in total. The van der Waals surface area contributed by atoms with Crippen LogP contribution in [0.3, 0.4) is 0 Å². The molecule has 0 atom stereocenters. The molecule has 8 heteroatoms. The highest BCUT2D eigenvalue weighted by molar-refractivity contribution is 5.77. The van der Waals surface area contributed by atoms with Crippen molar-refractivity contribution in [3.63, 3.8) is 0 Å². The van der Waals surface area contributed by atoms with Crippen molar-refractivity contribution in [3.8, 4) is 0 Å². The Kier molecular flexibility index (Phi) is 7.44. The number of carbonyl (C=O) groups is 1. The molecule has 130 valence electrons. The zero-order chi connectivity index (χ0) is 16.5. The van der Waals surface area contributed by atoms with Crippen molar-refractivity contribution in [2.24, 2.45) is 0 Å². The summed E-state index contributed by atoms with van der Waals surface area (Å²) in [4.78, 5) is 16.6. The second-order valence-corrected chi connectivity index (χ2v) is 5.97. The molecule has 1 aromatic heterocycles. The summed E-state index contributed by atoms with van der Waals surface area (Å²) < 4.78 is 7.02. The Morgan fingerprint density at radius 2 is 2.22 bits per heavy atom. The van der Waals surface area contributed by atoms with Gasteiger partial charge in [-0.2, -0.15) is 0 Å². The number of carbonyl (C=O) groups excluding carboxylic acids is 1. The molecule has 1 aliphatic rings. The topological polar surface area (TPSA) is 75.5 Å². The molecule has 23 heavy (non-hydrogen) atoms. The lowest BCUT2D eigenvalue weighted by Crippen LogP contribution is -2.39. The third-order valence-electron chi connectivity index (χ3n) is 4.08. The largest absolute Gasteiger partial charge is 0.383 e. The van der Waals surface area contributed by atoms with Crippen LogP contribution in [0.25, 0.3) is 0 Å². The minimum absolute atomic E-state index is 0.0810. The third kappa shape index (κ3) is 6.25. The predicted octanol–water partition coefficient (Wildman–Crippen LogP) is -0.779. The molecule has 1 saturated heterocycles. The van der Waals surface area contributed by atoms with Crippen LogP contribution in [0.15, 0.2) is 6.33 Å². The number of nitrogens with one attached hydrogen (secondary N) is 1. The summed E-state index contributed by atoms with van der Waals surface area (Å²) in [6.07, 6.45) is 3.49. The van der Waals surface area contributed by atoms with E-state index in [-0.39, 0.29) is 5.91 Å². The molecule has 0 unspecified atom stereocenters. The summed E-state index contributed by atoms with van der Waals surface area (Å²) in [5, 5.41) is 11.0. The molecule has 1 aliphatic heterocycles. The first-order chi connectivity index (χ1) is 11.2. The zero-order valence-electron chi connectivity index (χ0n) is 14.2. The maximum Gasteiger partial charge on any atom is 0.234 e. The van der Waals surface area contributed by atoms with Crippen LogP contribution in [-0.4, -0.2) is 90.5 Å². The highest BCUT2D eigenvalue weighted by atomic mass is 16.5. The lowest BCUT2D eigenvalue weighted by Gasteiger charge is -2.19. The van der Waals surface area contributed by atoms with Crippen molar-refractivity contribution in [1.29, 1.82) is 0 Å². The van der Waals surface area contributed by atoms with E-state index < -0.39 is 0 Å². The fourth-order valence-corrected chi connectivity index (χ4v) is 2.68. The van der Waals surface area contributed by atoms with E-state index in [1.54, 1.807) is 13.4 Å². The molecule has 0 aromatic carbocycles. The van der Waals surface area contributed by atoms with Crippen LogP contribution in [0, 0.1) is 0 Å². The van der Waals surface area contributed by atoms with E-state index in [1.807, 2.05) is 4.57 Å². The van der Waals surface area contributed by atoms with Crippen LogP contribution in [0.5, 0.6) is 0 Å². The first-order valence-electron chi connectivity index (χ1n) is 8.22. The molecule has 0 radical (unpaired) electrons. The molecule has 0 saturated carbocycles. The van der Waals surface area contributed by atoms with Crippen molar-refractivity contribution in [2.45, 2.75) is 19.4 Å². The van der Waals surface area contributed by atoms with E-state index in [9.17, 15) is 4.79 Å². The first-order valence-corrected chi connectivity index (χ1v) is 8.22. The van der Waals surface area contributed by atoms with E-state index in [0.717, 1.165) is 45.0 Å². The van der Waals surface area contributed by atoms with E-state index in [2.05, 4.69) is 32.4 Å². The maximum absolute atomic E-state index is 12.1. The Balaban J connectivity index is 1.67. The number of nitrogens with zero attached hydrogens (tertiary/aromatic N) is 5. The molecule has 1 aromatic rings. The summed E-state index contributed by atoms with van der Waals surface area (Å²) in [5.74, 6) is 0.955. The second-order valence-electron chi connectivity index (χ2n) is 5.97. The van der Waals surface area contributed by atoms with Gasteiger partial charge in [0.25, 0.3) is 0 Å².